The largest absolute Gasteiger partial charge is 0.386 e. The van der Waals surface area contributed by atoms with Crippen LogP contribution < -0.4 is 10.2 Å². The average Bonchev–Trinajstić information content (AvgIpc) is 2.21. The summed E-state index contributed by atoms with van der Waals surface area (Å²) in [5, 5.41) is 3.00. The summed E-state index contributed by atoms with van der Waals surface area (Å²) in [5.74, 6) is -0.203. The first kappa shape index (κ1) is 10.8. The summed E-state index contributed by atoms with van der Waals surface area (Å²) in [6, 6.07) is 4.83. The molecule has 0 aliphatic heterocycles. The minimum Gasteiger partial charge on any atom is -0.386 e. The van der Waals surface area contributed by atoms with E-state index in [0.29, 0.717) is 0 Å². The van der Waals surface area contributed by atoms with Gasteiger partial charge in [-0.05, 0) is 32.0 Å². The van der Waals surface area contributed by atoms with E-state index < -0.39 is 0 Å². The second kappa shape index (κ2) is 4.84. The monoisotopic (exact) mass is 196 g/mol. The molecule has 0 unspecified atom stereocenters. The zero-order valence-corrected chi connectivity index (χ0v) is 8.97. The van der Waals surface area contributed by atoms with Crippen LogP contribution in [-0.2, 0) is 0 Å². The molecule has 0 spiro atoms. The van der Waals surface area contributed by atoms with Gasteiger partial charge in [0.25, 0.3) is 0 Å². The highest BCUT2D eigenvalue weighted by atomic mass is 19.1. The summed E-state index contributed by atoms with van der Waals surface area (Å²) in [4.78, 5) is 2.19. The van der Waals surface area contributed by atoms with Crippen LogP contribution in [0.3, 0.4) is 0 Å². The van der Waals surface area contributed by atoms with Gasteiger partial charge >= 0.3 is 0 Å². The highest BCUT2D eigenvalue weighted by Crippen LogP contribution is 2.25. The van der Waals surface area contributed by atoms with Gasteiger partial charge in [0.2, 0.25) is 0 Å². The smallest absolute Gasteiger partial charge is 0.125 e. The van der Waals surface area contributed by atoms with Gasteiger partial charge in [-0.15, -0.1) is 0 Å². The Labute approximate surface area is 84.7 Å². The molecule has 78 valence electrons. The molecular formula is C11H17FN2. The van der Waals surface area contributed by atoms with Crippen LogP contribution in [0.4, 0.5) is 15.8 Å². The van der Waals surface area contributed by atoms with Crippen LogP contribution in [0, 0.1) is 5.82 Å². The second-order valence-corrected chi connectivity index (χ2v) is 3.08. The fourth-order valence-corrected chi connectivity index (χ4v) is 1.55. The van der Waals surface area contributed by atoms with Crippen molar-refractivity contribution in [1.82, 2.24) is 0 Å². The van der Waals surface area contributed by atoms with Crippen molar-refractivity contribution in [1.29, 1.82) is 0 Å². The van der Waals surface area contributed by atoms with Crippen molar-refractivity contribution in [2.45, 2.75) is 13.8 Å². The molecule has 3 heteroatoms. The Kier molecular flexibility index (Phi) is 3.74. The number of anilines is 2. The number of benzene rings is 1. The Balaban J connectivity index is 3.06. The zero-order chi connectivity index (χ0) is 10.6. The molecule has 14 heavy (non-hydrogen) atoms. The molecule has 0 aliphatic rings. The maximum absolute atomic E-state index is 12.9. The molecule has 0 saturated heterocycles. The van der Waals surface area contributed by atoms with E-state index >= 15 is 0 Å². The summed E-state index contributed by atoms with van der Waals surface area (Å²) >= 11 is 0. The normalized spacial score (nSPS) is 10.0. The van der Waals surface area contributed by atoms with E-state index in [2.05, 4.69) is 24.1 Å². The van der Waals surface area contributed by atoms with E-state index in [9.17, 15) is 4.39 Å². The van der Waals surface area contributed by atoms with Gasteiger partial charge in [-0.1, -0.05) is 0 Å². The standard InChI is InChI=1S/C11H17FN2/c1-4-14(5-2)11-7-6-9(12)8-10(11)13-3/h6-8,13H,4-5H2,1-3H3. The topological polar surface area (TPSA) is 15.3 Å². The minimum atomic E-state index is -0.203. The Morgan fingerprint density at radius 3 is 2.43 bits per heavy atom. The minimum absolute atomic E-state index is 0.203. The van der Waals surface area contributed by atoms with Crippen molar-refractivity contribution in [2.75, 3.05) is 30.4 Å². The fraction of sp³-hybridized carbons (Fsp3) is 0.455. The van der Waals surface area contributed by atoms with Crippen LogP contribution in [0.5, 0.6) is 0 Å². The van der Waals surface area contributed by atoms with Crippen molar-refractivity contribution in [3.63, 3.8) is 0 Å². The lowest BCUT2D eigenvalue weighted by atomic mass is 10.2. The summed E-state index contributed by atoms with van der Waals surface area (Å²) in [6.45, 7) is 6.03. The molecule has 0 aromatic heterocycles. The Bertz CT molecular complexity index is 295. The lowest BCUT2D eigenvalue weighted by molar-refractivity contribution is 0.628. The molecule has 0 bridgehead atoms. The molecule has 0 aliphatic carbocycles. The van der Waals surface area contributed by atoms with Crippen molar-refractivity contribution in [3.05, 3.63) is 24.0 Å². The van der Waals surface area contributed by atoms with Gasteiger partial charge in [0.15, 0.2) is 0 Å². The van der Waals surface area contributed by atoms with E-state index in [-0.39, 0.29) is 5.82 Å². The van der Waals surface area contributed by atoms with Crippen LogP contribution in [-0.4, -0.2) is 20.1 Å². The summed E-state index contributed by atoms with van der Waals surface area (Å²) < 4.78 is 12.9. The molecule has 0 radical (unpaired) electrons. The zero-order valence-electron chi connectivity index (χ0n) is 8.97. The van der Waals surface area contributed by atoms with Crippen molar-refractivity contribution < 1.29 is 4.39 Å². The average molecular weight is 196 g/mol. The van der Waals surface area contributed by atoms with E-state index in [0.717, 1.165) is 24.5 Å². The van der Waals surface area contributed by atoms with Crippen molar-refractivity contribution >= 4 is 11.4 Å². The Hall–Kier alpha value is -1.25. The summed E-state index contributed by atoms with van der Waals surface area (Å²) in [5.41, 5.74) is 1.90. The number of rotatable bonds is 4. The molecule has 0 fully saturated rings. The van der Waals surface area contributed by atoms with Crippen LogP contribution in [0.15, 0.2) is 18.2 Å². The van der Waals surface area contributed by atoms with Crippen LogP contribution in [0.25, 0.3) is 0 Å². The first-order valence-corrected chi connectivity index (χ1v) is 4.95. The third-order valence-electron chi connectivity index (χ3n) is 2.33. The highest BCUT2D eigenvalue weighted by molar-refractivity contribution is 5.69. The molecule has 0 saturated carbocycles. The maximum Gasteiger partial charge on any atom is 0.125 e. The molecule has 1 rings (SSSR count). The number of nitrogens with zero attached hydrogens (tertiary/aromatic N) is 1. The van der Waals surface area contributed by atoms with E-state index in [1.165, 1.54) is 12.1 Å². The van der Waals surface area contributed by atoms with Gasteiger partial charge in [-0.3, -0.25) is 0 Å². The van der Waals surface area contributed by atoms with Crippen molar-refractivity contribution in [2.24, 2.45) is 0 Å². The van der Waals surface area contributed by atoms with Gasteiger partial charge in [0.1, 0.15) is 5.82 Å². The summed E-state index contributed by atoms with van der Waals surface area (Å²) in [6.07, 6.45) is 0. The van der Waals surface area contributed by atoms with Gasteiger partial charge in [0.05, 0.1) is 11.4 Å². The Morgan fingerprint density at radius 1 is 1.29 bits per heavy atom. The van der Waals surface area contributed by atoms with Crippen molar-refractivity contribution in [3.8, 4) is 0 Å². The van der Waals surface area contributed by atoms with Crippen LogP contribution in [0.1, 0.15) is 13.8 Å². The molecule has 1 N–H and O–H groups in total. The van der Waals surface area contributed by atoms with Crippen LogP contribution in [0.2, 0.25) is 0 Å². The molecule has 0 heterocycles. The van der Waals surface area contributed by atoms with E-state index in [1.807, 2.05) is 13.1 Å². The molecular weight excluding hydrogens is 179 g/mol. The fourth-order valence-electron chi connectivity index (χ4n) is 1.55. The molecule has 2 nitrogen and oxygen atoms in total. The predicted molar refractivity (Wildman–Crippen MR) is 59.5 cm³/mol. The quantitative estimate of drug-likeness (QED) is 0.796. The van der Waals surface area contributed by atoms with Gasteiger partial charge in [-0.25, -0.2) is 4.39 Å². The highest BCUT2D eigenvalue weighted by Gasteiger charge is 2.07. The number of halogens is 1. The van der Waals surface area contributed by atoms with Gasteiger partial charge in [0, 0.05) is 20.1 Å². The third kappa shape index (κ3) is 2.16. The SMILES string of the molecule is CCN(CC)c1ccc(F)cc1NC. The van der Waals surface area contributed by atoms with E-state index in [4.69, 9.17) is 0 Å². The molecule has 1 aromatic rings. The molecule has 1 aromatic carbocycles. The van der Waals surface area contributed by atoms with Gasteiger partial charge in [-0.2, -0.15) is 0 Å². The number of hydrogen-bond donors (Lipinski definition) is 1. The van der Waals surface area contributed by atoms with E-state index in [1.54, 1.807) is 0 Å². The maximum atomic E-state index is 12.9. The lowest BCUT2D eigenvalue weighted by Gasteiger charge is -2.23. The number of hydrogen-bond acceptors (Lipinski definition) is 2. The molecule has 0 amide bonds. The Morgan fingerprint density at radius 2 is 1.93 bits per heavy atom. The first-order chi connectivity index (χ1) is 6.72. The molecule has 0 atom stereocenters. The third-order valence-corrected chi connectivity index (χ3v) is 2.33. The van der Waals surface area contributed by atoms with Crippen LogP contribution >= 0.6 is 0 Å². The summed E-state index contributed by atoms with van der Waals surface area (Å²) in [7, 11) is 1.81. The first-order valence-electron chi connectivity index (χ1n) is 4.95. The second-order valence-electron chi connectivity index (χ2n) is 3.08. The lowest BCUT2D eigenvalue weighted by Crippen LogP contribution is -2.22. The predicted octanol–water partition coefficient (Wildman–Crippen LogP) is 2.71. The van der Waals surface area contributed by atoms with Gasteiger partial charge < -0.3 is 10.2 Å². The number of nitrogens with one attached hydrogen (secondary N) is 1.